The molecule has 0 saturated heterocycles. The molecule has 0 aliphatic carbocycles. The van der Waals surface area contributed by atoms with E-state index in [9.17, 15) is 0 Å². The molecule has 1 unspecified atom stereocenters. The SMILES string of the molecule is CCC(CCO)CNCc1cnc(-c2ccccn2)s1. The molecular formula is C15H21N3OS. The number of hydrogen-bond donors (Lipinski definition) is 2. The van der Waals surface area contributed by atoms with Crippen molar-refractivity contribution >= 4 is 11.3 Å². The molecule has 2 rings (SSSR count). The molecule has 5 heteroatoms. The molecule has 0 spiro atoms. The lowest BCUT2D eigenvalue weighted by Gasteiger charge is -2.13. The van der Waals surface area contributed by atoms with E-state index in [1.54, 1.807) is 17.5 Å². The van der Waals surface area contributed by atoms with Crippen molar-refractivity contribution in [2.24, 2.45) is 5.92 Å². The van der Waals surface area contributed by atoms with Crippen LogP contribution in [-0.2, 0) is 6.54 Å². The highest BCUT2D eigenvalue weighted by molar-refractivity contribution is 7.14. The van der Waals surface area contributed by atoms with E-state index in [1.165, 1.54) is 4.88 Å². The van der Waals surface area contributed by atoms with Crippen LogP contribution < -0.4 is 5.32 Å². The van der Waals surface area contributed by atoms with Gasteiger partial charge in [0.15, 0.2) is 0 Å². The standard InChI is InChI=1S/C15H21N3OS/c1-2-12(6-8-19)9-16-10-13-11-18-15(20-13)14-5-3-4-7-17-14/h3-5,7,11-12,16,19H,2,6,8-10H2,1H3. The van der Waals surface area contributed by atoms with Crippen molar-refractivity contribution in [3.05, 3.63) is 35.5 Å². The van der Waals surface area contributed by atoms with Gasteiger partial charge in [-0.05, 0) is 31.0 Å². The van der Waals surface area contributed by atoms with E-state index in [1.807, 2.05) is 24.4 Å². The zero-order valence-corrected chi connectivity index (χ0v) is 12.6. The molecular weight excluding hydrogens is 270 g/mol. The Bertz CT molecular complexity index is 501. The summed E-state index contributed by atoms with van der Waals surface area (Å²) in [4.78, 5) is 9.94. The lowest BCUT2D eigenvalue weighted by atomic mass is 10.0. The molecule has 1 atom stereocenters. The number of pyridine rings is 1. The molecule has 2 aromatic rings. The van der Waals surface area contributed by atoms with Crippen LogP contribution >= 0.6 is 11.3 Å². The van der Waals surface area contributed by atoms with Gasteiger partial charge in [-0.2, -0.15) is 0 Å². The van der Waals surface area contributed by atoms with Crippen LogP contribution in [0.3, 0.4) is 0 Å². The third-order valence-electron chi connectivity index (χ3n) is 3.28. The van der Waals surface area contributed by atoms with Gasteiger partial charge in [0.2, 0.25) is 0 Å². The van der Waals surface area contributed by atoms with E-state index in [0.717, 1.165) is 36.6 Å². The number of aromatic nitrogens is 2. The Kier molecular flexibility index (Phi) is 6.11. The maximum Gasteiger partial charge on any atom is 0.142 e. The Labute approximate surface area is 123 Å². The van der Waals surface area contributed by atoms with Gasteiger partial charge in [-0.25, -0.2) is 4.98 Å². The highest BCUT2D eigenvalue weighted by Gasteiger charge is 2.07. The minimum Gasteiger partial charge on any atom is -0.396 e. The van der Waals surface area contributed by atoms with E-state index < -0.39 is 0 Å². The summed E-state index contributed by atoms with van der Waals surface area (Å²) in [5, 5.41) is 13.4. The summed E-state index contributed by atoms with van der Waals surface area (Å²) in [6.07, 6.45) is 5.66. The molecule has 0 amide bonds. The van der Waals surface area contributed by atoms with Gasteiger partial charge in [-0.15, -0.1) is 11.3 Å². The Morgan fingerprint density at radius 1 is 1.35 bits per heavy atom. The van der Waals surface area contributed by atoms with E-state index in [0.29, 0.717) is 5.92 Å². The van der Waals surface area contributed by atoms with Crippen molar-refractivity contribution in [2.45, 2.75) is 26.3 Å². The van der Waals surface area contributed by atoms with Crippen LogP contribution in [0.5, 0.6) is 0 Å². The number of hydrogen-bond acceptors (Lipinski definition) is 5. The van der Waals surface area contributed by atoms with Crippen molar-refractivity contribution in [1.29, 1.82) is 0 Å². The first-order valence-corrected chi connectivity index (χ1v) is 7.82. The highest BCUT2D eigenvalue weighted by atomic mass is 32.1. The minimum atomic E-state index is 0.268. The van der Waals surface area contributed by atoms with E-state index in [4.69, 9.17) is 5.11 Å². The molecule has 0 saturated carbocycles. The fourth-order valence-electron chi connectivity index (χ4n) is 2.03. The van der Waals surface area contributed by atoms with Gasteiger partial charge >= 0.3 is 0 Å². The maximum atomic E-state index is 8.97. The number of aliphatic hydroxyl groups is 1. The normalized spacial score (nSPS) is 12.5. The smallest absolute Gasteiger partial charge is 0.142 e. The number of rotatable bonds is 8. The second-order valence-electron chi connectivity index (χ2n) is 4.76. The number of thiazole rings is 1. The monoisotopic (exact) mass is 291 g/mol. The molecule has 4 nitrogen and oxygen atoms in total. The van der Waals surface area contributed by atoms with Crippen molar-refractivity contribution in [1.82, 2.24) is 15.3 Å². The molecule has 2 N–H and O–H groups in total. The summed E-state index contributed by atoms with van der Waals surface area (Å²) < 4.78 is 0. The number of aliphatic hydroxyl groups excluding tert-OH is 1. The zero-order valence-electron chi connectivity index (χ0n) is 11.7. The second kappa shape index (κ2) is 8.09. The quantitative estimate of drug-likeness (QED) is 0.785. The Balaban J connectivity index is 1.84. The molecule has 20 heavy (non-hydrogen) atoms. The van der Waals surface area contributed by atoms with Crippen molar-refractivity contribution in [3.8, 4) is 10.7 Å². The molecule has 0 fully saturated rings. The van der Waals surface area contributed by atoms with Gasteiger partial charge in [-0.3, -0.25) is 4.98 Å². The van der Waals surface area contributed by atoms with Crippen LogP contribution in [-0.4, -0.2) is 28.2 Å². The fraction of sp³-hybridized carbons (Fsp3) is 0.467. The largest absolute Gasteiger partial charge is 0.396 e. The molecule has 0 radical (unpaired) electrons. The lowest BCUT2D eigenvalue weighted by Crippen LogP contribution is -2.22. The van der Waals surface area contributed by atoms with Crippen LogP contribution in [0.2, 0.25) is 0 Å². The Hall–Kier alpha value is -1.30. The summed E-state index contributed by atoms with van der Waals surface area (Å²) >= 11 is 1.67. The predicted molar refractivity (Wildman–Crippen MR) is 82.5 cm³/mol. The Morgan fingerprint density at radius 3 is 2.95 bits per heavy atom. The highest BCUT2D eigenvalue weighted by Crippen LogP contribution is 2.22. The van der Waals surface area contributed by atoms with Crippen molar-refractivity contribution in [3.63, 3.8) is 0 Å². The average Bonchev–Trinajstić information content (AvgIpc) is 2.96. The van der Waals surface area contributed by atoms with Crippen LogP contribution in [0, 0.1) is 5.92 Å². The van der Waals surface area contributed by atoms with Gasteiger partial charge in [0.1, 0.15) is 5.01 Å². The third-order valence-corrected chi connectivity index (χ3v) is 4.30. The lowest BCUT2D eigenvalue weighted by molar-refractivity contribution is 0.251. The first kappa shape index (κ1) is 15.1. The topological polar surface area (TPSA) is 58.0 Å². The van der Waals surface area contributed by atoms with Gasteiger partial charge in [0.25, 0.3) is 0 Å². The molecule has 2 aromatic heterocycles. The van der Waals surface area contributed by atoms with Gasteiger partial charge in [0.05, 0.1) is 5.69 Å². The van der Waals surface area contributed by atoms with E-state index >= 15 is 0 Å². The van der Waals surface area contributed by atoms with Crippen LogP contribution in [0.15, 0.2) is 30.6 Å². The van der Waals surface area contributed by atoms with Crippen molar-refractivity contribution < 1.29 is 5.11 Å². The van der Waals surface area contributed by atoms with Crippen LogP contribution in [0.1, 0.15) is 24.6 Å². The van der Waals surface area contributed by atoms with Gasteiger partial charge in [0, 0.05) is 30.4 Å². The molecule has 0 aliphatic heterocycles. The predicted octanol–water partition coefficient (Wildman–Crippen LogP) is 2.70. The summed E-state index contributed by atoms with van der Waals surface area (Å²) in [7, 11) is 0. The first-order valence-electron chi connectivity index (χ1n) is 7.01. The maximum absolute atomic E-state index is 8.97. The second-order valence-corrected chi connectivity index (χ2v) is 5.88. The fourth-order valence-corrected chi connectivity index (χ4v) is 2.89. The number of nitrogens with zero attached hydrogens (tertiary/aromatic N) is 2. The molecule has 108 valence electrons. The van der Waals surface area contributed by atoms with Crippen molar-refractivity contribution in [2.75, 3.05) is 13.2 Å². The van der Waals surface area contributed by atoms with E-state index in [2.05, 4.69) is 22.2 Å². The van der Waals surface area contributed by atoms with Gasteiger partial charge in [-0.1, -0.05) is 19.4 Å². The molecule has 2 heterocycles. The minimum absolute atomic E-state index is 0.268. The first-order chi connectivity index (χ1) is 9.83. The van der Waals surface area contributed by atoms with Crippen LogP contribution in [0.25, 0.3) is 10.7 Å². The summed E-state index contributed by atoms with van der Waals surface area (Å²) in [5.74, 6) is 0.545. The summed E-state index contributed by atoms with van der Waals surface area (Å²) in [6, 6.07) is 5.86. The molecule has 0 aliphatic rings. The molecule has 0 aromatic carbocycles. The third kappa shape index (κ3) is 4.37. The van der Waals surface area contributed by atoms with Crippen LogP contribution in [0.4, 0.5) is 0 Å². The summed E-state index contributed by atoms with van der Waals surface area (Å²) in [6.45, 7) is 4.19. The molecule has 0 bridgehead atoms. The van der Waals surface area contributed by atoms with Gasteiger partial charge < -0.3 is 10.4 Å². The average molecular weight is 291 g/mol. The van der Waals surface area contributed by atoms with E-state index in [-0.39, 0.29) is 6.61 Å². The Morgan fingerprint density at radius 2 is 2.25 bits per heavy atom. The summed E-state index contributed by atoms with van der Waals surface area (Å²) in [5.41, 5.74) is 0.926. The number of nitrogens with one attached hydrogen (secondary N) is 1. The zero-order chi connectivity index (χ0) is 14.2.